The van der Waals surface area contributed by atoms with Gasteiger partial charge in [-0.1, -0.05) is 15.9 Å². The van der Waals surface area contributed by atoms with E-state index in [1.807, 2.05) is 37.4 Å². The number of nitrogens with zero attached hydrogens (tertiary/aromatic N) is 2. The summed E-state index contributed by atoms with van der Waals surface area (Å²) in [6.45, 7) is 3.03. The molecule has 2 N–H and O–H groups in total. The van der Waals surface area contributed by atoms with Crippen molar-refractivity contribution >= 4 is 21.6 Å². The minimum Gasteiger partial charge on any atom is -0.389 e. The lowest BCUT2D eigenvalue weighted by Crippen LogP contribution is -2.25. The van der Waals surface area contributed by atoms with Crippen LogP contribution in [0, 0.1) is 6.92 Å². The quantitative estimate of drug-likeness (QED) is 0.892. The molecule has 1 aromatic carbocycles. The number of nitrogens with one attached hydrogen (secondary N) is 1. The summed E-state index contributed by atoms with van der Waals surface area (Å²) in [5.41, 5.74) is 2.18. The van der Waals surface area contributed by atoms with Gasteiger partial charge in [0.15, 0.2) is 0 Å². The first-order valence-electron chi connectivity index (χ1n) is 5.80. The van der Waals surface area contributed by atoms with E-state index in [0.29, 0.717) is 13.1 Å². The first kappa shape index (κ1) is 13.1. The van der Waals surface area contributed by atoms with E-state index in [1.165, 1.54) is 5.56 Å². The number of aliphatic hydroxyl groups is 1. The van der Waals surface area contributed by atoms with Crippen molar-refractivity contribution in [2.45, 2.75) is 19.6 Å². The fourth-order valence-corrected chi connectivity index (χ4v) is 1.93. The fraction of sp³-hybridized carbons (Fsp3) is 0.308. The van der Waals surface area contributed by atoms with Gasteiger partial charge in [-0.05, 0) is 36.8 Å². The van der Waals surface area contributed by atoms with E-state index < -0.39 is 6.10 Å². The molecule has 0 aliphatic rings. The van der Waals surface area contributed by atoms with Gasteiger partial charge in [0.1, 0.15) is 0 Å². The number of aromatic nitrogens is 2. The highest BCUT2D eigenvalue weighted by Gasteiger charge is 2.05. The van der Waals surface area contributed by atoms with Crippen LogP contribution in [-0.2, 0) is 6.54 Å². The van der Waals surface area contributed by atoms with Gasteiger partial charge in [0, 0.05) is 29.1 Å². The third-order valence-electron chi connectivity index (χ3n) is 2.66. The molecule has 0 fully saturated rings. The molecule has 18 heavy (non-hydrogen) atoms. The average molecular weight is 310 g/mol. The maximum atomic E-state index is 9.87. The normalized spacial score (nSPS) is 12.4. The van der Waals surface area contributed by atoms with Crippen LogP contribution in [0.5, 0.6) is 0 Å². The molecule has 0 radical (unpaired) electrons. The number of hydrogen-bond acceptors (Lipinski definition) is 3. The van der Waals surface area contributed by atoms with Gasteiger partial charge in [-0.25, -0.2) is 0 Å². The smallest absolute Gasteiger partial charge is 0.0907 e. The van der Waals surface area contributed by atoms with Crippen LogP contribution in [0.2, 0.25) is 0 Å². The lowest BCUT2D eigenvalue weighted by Gasteiger charge is -2.13. The van der Waals surface area contributed by atoms with Crippen molar-refractivity contribution < 1.29 is 5.11 Å². The minimum atomic E-state index is -0.464. The molecular weight excluding hydrogens is 294 g/mol. The fourth-order valence-electron chi connectivity index (χ4n) is 1.68. The van der Waals surface area contributed by atoms with Crippen molar-refractivity contribution in [1.82, 2.24) is 9.78 Å². The van der Waals surface area contributed by atoms with Gasteiger partial charge < -0.3 is 10.4 Å². The van der Waals surface area contributed by atoms with Crippen molar-refractivity contribution in [2.24, 2.45) is 0 Å². The van der Waals surface area contributed by atoms with Crippen molar-refractivity contribution in [2.75, 3.05) is 11.9 Å². The van der Waals surface area contributed by atoms with Crippen LogP contribution in [0.15, 0.2) is 41.1 Å². The molecule has 1 aromatic heterocycles. The molecule has 0 amide bonds. The van der Waals surface area contributed by atoms with Gasteiger partial charge >= 0.3 is 0 Å². The van der Waals surface area contributed by atoms with Gasteiger partial charge in [-0.2, -0.15) is 5.10 Å². The maximum absolute atomic E-state index is 9.87. The molecule has 0 saturated carbocycles. The lowest BCUT2D eigenvalue weighted by atomic mass is 10.2. The molecule has 0 spiro atoms. The number of benzene rings is 1. The zero-order chi connectivity index (χ0) is 13.0. The molecule has 0 aliphatic heterocycles. The third kappa shape index (κ3) is 3.58. The third-order valence-corrected chi connectivity index (χ3v) is 3.55. The first-order chi connectivity index (χ1) is 8.65. The molecule has 1 unspecified atom stereocenters. The monoisotopic (exact) mass is 309 g/mol. The predicted octanol–water partition coefficient (Wildman–Crippen LogP) is 2.43. The highest BCUT2D eigenvalue weighted by molar-refractivity contribution is 9.10. The van der Waals surface area contributed by atoms with Gasteiger partial charge in [0.25, 0.3) is 0 Å². The van der Waals surface area contributed by atoms with E-state index in [2.05, 4.69) is 26.3 Å². The Hall–Kier alpha value is -1.33. The summed E-state index contributed by atoms with van der Waals surface area (Å²) in [6, 6.07) is 7.87. The van der Waals surface area contributed by atoms with E-state index in [0.717, 1.165) is 10.2 Å². The largest absolute Gasteiger partial charge is 0.389 e. The summed E-state index contributed by atoms with van der Waals surface area (Å²) in [7, 11) is 0. The van der Waals surface area contributed by atoms with Gasteiger partial charge in [-0.15, -0.1) is 0 Å². The number of hydrogen-bond donors (Lipinski definition) is 2. The summed E-state index contributed by atoms with van der Waals surface area (Å²) in [4.78, 5) is 0. The molecule has 1 atom stereocenters. The number of aliphatic hydroxyl groups excluding tert-OH is 1. The Balaban J connectivity index is 1.85. The molecular formula is C13H16BrN3O. The van der Waals surface area contributed by atoms with Crippen LogP contribution >= 0.6 is 15.9 Å². The van der Waals surface area contributed by atoms with E-state index in [-0.39, 0.29) is 0 Å². The highest BCUT2D eigenvalue weighted by Crippen LogP contribution is 2.19. The zero-order valence-corrected chi connectivity index (χ0v) is 11.8. The Bertz CT molecular complexity index is 499. The molecule has 4 nitrogen and oxygen atoms in total. The van der Waals surface area contributed by atoms with E-state index in [4.69, 9.17) is 0 Å². The van der Waals surface area contributed by atoms with Gasteiger partial charge in [0.2, 0.25) is 0 Å². The van der Waals surface area contributed by atoms with Crippen molar-refractivity contribution in [3.05, 3.63) is 46.7 Å². The zero-order valence-electron chi connectivity index (χ0n) is 10.2. The maximum Gasteiger partial charge on any atom is 0.0907 e. The second-order valence-corrected chi connectivity index (χ2v) is 5.08. The van der Waals surface area contributed by atoms with Gasteiger partial charge in [-0.3, -0.25) is 4.68 Å². The Morgan fingerprint density at radius 3 is 3.00 bits per heavy atom. The topological polar surface area (TPSA) is 50.1 Å². The molecule has 2 aromatic rings. The predicted molar refractivity (Wildman–Crippen MR) is 75.6 cm³/mol. The summed E-state index contributed by atoms with van der Waals surface area (Å²) in [5, 5.41) is 17.1. The van der Waals surface area contributed by atoms with Crippen molar-refractivity contribution in [3.8, 4) is 0 Å². The average Bonchev–Trinajstić information content (AvgIpc) is 2.83. The summed E-state index contributed by atoms with van der Waals surface area (Å²) < 4.78 is 2.81. The minimum absolute atomic E-state index is 0.464. The molecule has 96 valence electrons. The van der Waals surface area contributed by atoms with Crippen LogP contribution in [0.1, 0.15) is 5.56 Å². The Morgan fingerprint density at radius 2 is 2.33 bits per heavy atom. The summed E-state index contributed by atoms with van der Waals surface area (Å²) in [6.07, 6.45) is 3.08. The molecule has 0 saturated heterocycles. The number of halogens is 1. The van der Waals surface area contributed by atoms with Crippen LogP contribution in [-0.4, -0.2) is 27.5 Å². The van der Waals surface area contributed by atoms with Crippen LogP contribution in [0.4, 0.5) is 5.69 Å². The summed E-state index contributed by atoms with van der Waals surface area (Å²) >= 11 is 3.46. The van der Waals surface area contributed by atoms with Crippen LogP contribution in [0.3, 0.4) is 0 Å². The Labute approximate surface area is 115 Å². The SMILES string of the molecule is Cc1cc(NCC(O)Cn2cccn2)ccc1Br. The summed E-state index contributed by atoms with van der Waals surface area (Å²) in [5.74, 6) is 0. The van der Waals surface area contributed by atoms with Crippen molar-refractivity contribution in [3.63, 3.8) is 0 Å². The Kier molecular flexibility index (Phi) is 4.38. The Morgan fingerprint density at radius 1 is 1.50 bits per heavy atom. The second-order valence-electron chi connectivity index (χ2n) is 4.23. The van der Waals surface area contributed by atoms with E-state index in [1.54, 1.807) is 10.9 Å². The van der Waals surface area contributed by atoms with E-state index >= 15 is 0 Å². The van der Waals surface area contributed by atoms with Crippen LogP contribution < -0.4 is 5.32 Å². The van der Waals surface area contributed by atoms with Crippen molar-refractivity contribution in [1.29, 1.82) is 0 Å². The van der Waals surface area contributed by atoms with E-state index in [9.17, 15) is 5.11 Å². The van der Waals surface area contributed by atoms with Gasteiger partial charge in [0.05, 0.1) is 12.6 Å². The first-order valence-corrected chi connectivity index (χ1v) is 6.60. The highest BCUT2D eigenvalue weighted by atomic mass is 79.9. The molecule has 2 rings (SSSR count). The number of aryl methyl sites for hydroxylation is 1. The molecule has 0 aliphatic carbocycles. The second kappa shape index (κ2) is 6.02. The lowest BCUT2D eigenvalue weighted by molar-refractivity contribution is 0.161. The van der Waals surface area contributed by atoms with Crippen LogP contribution in [0.25, 0.3) is 0 Å². The number of rotatable bonds is 5. The molecule has 0 bridgehead atoms. The number of anilines is 1. The molecule has 5 heteroatoms. The molecule has 1 heterocycles. The standard InChI is InChI=1S/C13H16BrN3O/c1-10-7-11(3-4-13(10)14)15-8-12(18)9-17-6-2-5-16-17/h2-7,12,15,18H,8-9H2,1H3.